The van der Waals surface area contributed by atoms with Crippen LogP contribution in [0, 0.1) is 0 Å². The first-order valence-electron chi connectivity index (χ1n) is 36.7. The van der Waals surface area contributed by atoms with Gasteiger partial charge in [-0.1, -0.05) is 306 Å². The highest BCUT2D eigenvalue weighted by molar-refractivity contribution is 8.76. The summed E-state index contributed by atoms with van der Waals surface area (Å²) in [6.45, 7) is 19.6. The summed E-state index contributed by atoms with van der Waals surface area (Å²) < 4.78 is 5.75. The molecule has 0 radical (unpaired) electrons. The highest BCUT2D eigenvalue weighted by atomic mass is 33.1. The molecule has 83 heavy (non-hydrogen) atoms. The predicted octanol–water partition coefficient (Wildman–Crippen LogP) is 18.0. The van der Waals surface area contributed by atoms with Crippen LogP contribution in [0.5, 0.6) is 0 Å². The van der Waals surface area contributed by atoms with Gasteiger partial charge in [0.05, 0.1) is 24.4 Å². The molecule has 0 bridgehead atoms. The van der Waals surface area contributed by atoms with Gasteiger partial charge in [-0.15, -0.1) is 0 Å². The third kappa shape index (κ3) is 56.8. The summed E-state index contributed by atoms with van der Waals surface area (Å²) in [4.78, 5) is 22.5. The number of aliphatic hydroxyl groups excluding tert-OH is 4. The molecule has 0 aromatic rings. The van der Waals surface area contributed by atoms with E-state index in [-0.39, 0.29) is 18.2 Å². The van der Waals surface area contributed by atoms with Gasteiger partial charge in [0, 0.05) is 83.4 Å². The summed E-state index contributed by atoms with van der Waals surface area (Å²) in [7, 11) is 3.95. The number of piperazine rings is 1. The molecule has 1 aliphatic rings. The molecule has 1 heterocycles. The molecule has 10 nitrogen and oxygen atoms in total. The Kier molecular flexibility index (Phi) is 61.8. The zero-order chi connectivity index (χ0) is 60.2. The molecule has 1 fully saturated rings. The van der Waals surface area contributed by atoms with Crippen LogP contribution in [-0.2, 0) is 9.53 Å². The van der Waals surface area contributed by atoms with E-state index in [4.69, 9.17) is 4.74 Å². The van der Waals surface area contributed by atoms with E-state index in [1.165, 1.54) is 231 Å². The molecule has 0 aliphatic carbocycles. The Hall–Kier alpha value is -0.150. The Balaban J connectivity index is 2.39. The lowest BCUT2D eigenvalue weighted by Gasteiger charge is -2.34. The standard InChI is InChI=1S/C71H144N4O6S2/c1-5-9-13-17-21-25-29-33-37-41-47-67(76)63-74(64-68(77)48-42-38-34-30-26-22-18-14-10-6-2)52-45-51-71(80)81-60-58-72-54-56-73(57-55-72)59-62-83-82-61-46-53-75(65-69(78)49-43-39-35-31-27-23-19-15-11-7-3)66-70(79)50-44-40-36-32-28-24-20-16-12-8-4/h67-70,76-79H,5-66H2,1-4H3. The van der Waals surface area contributed by atoms with Crippen molar-refractivity contribution in [3.63, 3.8) is 0 Å². The third-order valence-corrected chi connectivity index (χ3v) is 20.2. The van der Waals surface area contributed by atoms with Gasteiger partial charge in [0.2, 0.25) is 0 Å². The van der Waals surface area contributed by atoms with Crippen molar-refractivity contribution >= 4 is 27.6 Å². The highest BCUT2D eigenvalue weighted by Crippen LogP contribution is 2.23. The van der Waals surface area contributed by atoms with Crippen molar-refractivity contribution in [2.24, 2.45) is 0 Å². The van der Waals surface area contributed by atoms with Crippen molar-refractivity contribution < 1.29 is 30.0 Å². The fraction of sp³-hybridized carbons (Fsp3) is 0.986. The van der Waals surface area contributed by atoms with E-state index in [0.29, 0.717) is 52.2 Å². The van der Waals surface area contributed by atoms with Crippen LogP contribution in [0.3, 0.4) is 0 Å². The molecule has 0 spiro atoms. The van der Waals surface area contributed by atoms with Crippen LogP contribution >= 0.6 is 21.6 Å². The van der Waals surface area contributed by atoms with Crippen molar-refractivity contribution in [3.8, 4) is 0 Å². The summed E-state index contributed by atoms with van der Waals surface area (Å²) in [5.74, 6) is 2.05. The van der Waals surface area contributed by atoms with Crippen molar-refractivity contribution in [1.29, 1.82) is 0 Å². The van der Waals surface area contributed by atoms with Gasteiger partial charge in [-0.3, -0.25) is 24.4 Å². The number of unbranched alkanes of at least 4 members (excludes halogenated alkanes) is 36. The summed E-state index contributed by atoms with van der Waals surface area (Å²) in [5, 5.41) is 44.4. The fourth-order valence-corrected chi connectivity index (χ4v) is 14.3. The summed E-state index contributed by atoms with van der Waals surface area (Å²) in [6.07, 6.45) is 56.0. The van der Waals surface area contributed by atoms with Crippen LogP contribution in [0.25, 0.3) is 0 Å². The maximum Gasteiger partial charge on any atom is 0.305 e. The van der Waals surface area contributed by atoms with Gasteiger partial charge < -0.3 is 25.2 Å². The molecule has 12 heteroatoms. The van der Waals surface area contributed by atoms with Crippen LogP contribution in [0.1, 0.15) is 329 Å². The maximum absolute atomic E-state index is 12.9. The van der Waals surface area contributed by atoms with Gasteiger partial charge in [0.15, 0.2) is 0 Å². The molecule has 4 atom stereocenters. The Labute approximate surface area is 524 Å². The second-order valence-electron chi connectivity index (χ2n) is 26.0. The first kappa shape index (κ1) is 80.9. The van der Waals surface area contributed by atoms with Crippen LogP contribution in [0.4, 0.5) is 0 Å². The van der Waals surface area contributed by atoms with Gasteiger partial charge in [0.25, 0.3) is 0 Å². The van der Waals surface area contributed by atoms with E-state index < -0.39 is 12.2 Å². The number of aliphatic hydroxyl groups is 4. The lowest BCUT2D eigenvalue weighted by atomic mass is 10.0. The van der Waals surface area contributed by atoms with Gasteiger partial charge in [-0.2, -0.15) is 0 Å². The number of carbonyl (C=O) groups excluding carboxylic acids is 1. The maximum atomic E-state index is 12.9. The summed E-state index contributed by atoms with van der Waals surface area (Å²) >= 11 is 0. The van der Waals surface area contributed by atoms with E-state index in [1.807, 2.05) is 21.6 Å². The van der Waals surface area contributed by atoms with Crippen LogP contribution in [-0.4, -0.2) is 167 Å². The number of hydrogen-bond donors (Lipinski definition) is 4. The number of carbonyl (C=O) groups is 1. The molecule has 0 amide bonds. The lowest BCUT2D eigenvalue weighted by Crippen LogP contribution is -2.47. The first-order chi connectivity index (χ1) is 40.7. The Bertz CT molecular complexity index is 1240. The number of esters is 1. The topological polar surface area (TPSA) is 120 Å². The van der Waals surface area contributed by atoms with E-state index in [9.17, 15) is 25.2 Å². The molecule has 1 aliphatic heterocycles. The van der Waals surface area contributed by atoms with Gasteiger partial charge in [0.1, 0.15) is 6.61 Å². The van der Waals surface area contributed by atoms with Crippen molar-refractivity contribution in [2.75, 3.05) is 96.6 Å². The Morgan fingerprint density at radius 1 is 0.361 bits per heavy atom. The van der Waals surface area contributed by atoms with Crippen molar-refractivity contribution in [1.82, 2.24) is 19.6 Å². The molecule has 0 aromatic carbocycles. The van der Waals surface area contributed by atoms with E-state index in [2.05, 4.69) is 47.3 Å². The molecule has 4 unspecified atom stereocenters. The molecular formula is C71H144N4O6S2. The molecular weight excluding hydrogens is 1070 g/mol. The first-order valence-corrected chi connectivity index (χ1v) is 39.2. The highest BCUT2D eigenvalue weighted by Gasteiger charge is 2.20. The van der Waals surface area contributed by atoms with Gasteiger partial charge >= 0.3 is 5.97 Å². The number of hydrogen-bond acceptors (Lipinski definition) is 12. The minimum atomic E-state index is -0.406. The second kappa shape index (κ2) is 63.4. The van der Waals surface area contributed by atoms with Crippen molar-refractivity contribution in [3.05, 3.63) is 0 Å². The van der Waals surface area contributed by atoms with Crippen LogP contribution in [0.2, 0.25) is 0 Å². The molecule has 4 N–H and O–H groups in total. The zero-order valence-electron chi connectivity index (χ0n) is 55.9. The quantitative estimate of drug-likeness (QED) is 0.0264. The predicted molar refractivity (Wildman–Crippen MR) is 365 cm³/mol. The monoisotopic (exact) mass is 1210 g/mol. The summed E-state index contributed by atoms with van der Waals surface area (Å²) in [6, 6.07) is 0. The van der Waals surface area contributed by atoms with Gasteiger partial charge in [-0.25, -0.2) is 0 Å². The number of rotatable bonds is 67. The lowest BCUT2D eigenvalue weighted by molar-refractivity contribution is -0.144. The molecule has 0 saturated carbocycles. The third-order valence-electron chi connectivity index (χ3n) is 17.7. The van der Waals surface area contributed by atoms with Gasteiger partial charge in [-0.05, 0) is 51.6 Å². The van der Waals surface area contributed by atoms with Crippen molar-refractivity contribution in [2.45, 2.75) is 354 Å². The van der Waals surface area contributed by atoms with Crippen LogP contribution in [0.15, 0.2) is 0 Å². The normalized spacial score (nSPS) is 15.0. The molecule has 0 aromatic heterocycles. The van der Waals surface area contributed by atoms with E-state index >= 15 is 0 Å². The average Bonchev–Trinajstić information content (AvgIpc) is 3.47. The largest absolute Gasteiger partial charge is 0.464 e. The summed E-state index contributed by atoms with van der Waals surface area (Å²) in [5.41, 5.74) is 0. The minimum Gasteiger partial charge on any atom is -0.464 e. The number of ether oxygens (including phenoxy) is 1. The van der Waals surface area contributed by atoms with Crippen LogP contribution < -0.4 is 0 Å². The SMILES string of the molecule is CCCCCCCCCCCCC(O)CN(CCCSSCCN1CCN(CCOC(=O)CCCN(CC(O)CCCCCCCCCCCC)CC(O)CCCCCCCCCCCC)CC1)CC(O)CCCCCCCCCCCC. The Morgan fingerprint density at radius 3 is 0.940 bits per heavy atom. The molecule has 1 rings (SSSR count). The zero-order valence-corrected chi connectivity index (χ0v) is 57.5. The average molecular weight is 1210 g/mol. The van der Waals surface area contributed by atoms with E-state index in [0.717, 1.165) is 115 Å². The fourth-order valence-electron chi connectivity index (χ4n) is 12.2. The Morgan fingerprint density at radius 2 is 0.627 bits per heavy atom. The molecule has 496 valence electrons. The molecule has 1 saturated heterocycles. The minimum absolute atomic E-state index is 0.142. The second-order valence-corrected chi connectivity index (χ2v) is 28.7. The smallest absolute Gasteiger partial charge is 0.305 e. The number of nitrogens with zero attached hydrogens (tertiary/aromatic N) is 4. The van der Waals surface area contributed by atoms with E-state index in [1.54, 1.807) is 0 Å².